The van der Waals surface area contributed by atoms with Crippen LogP contribution in [0.5, 0.6) is 0 Å². The normalized spacial score (nSPS) is 14.2. The third kappa shape index (κ3) is 5.43. The standard InChI is InChI=1S/C20H23F3N6O4S/c1-4-29-8-6-7-13-9-15(16(10-17(13)29)28-34(31,32)20(21,22)23)26-27-19-24-11-14(12(3)25-19)18(30)33-5-2/h9-11,28H,4-8H2,1-3H3. The maximum atomic E-state index is 13.0. The first-order valence-electron chi connectivity index (χ1n) is 10.4. The number of halogens is 3. The molecule has 0 aliphatic carbocycles. The molecule has 1 aromatic carbocycles. The van der Waals surface area contributed by atoms with Crippen LogP contribution in [0.2, 0.25) is 0 Å². The van der Waals surface area contributed by atoms with Gasteiger partial charge in [0.1, 0.15) is 5.69 Å². The van der Waals surface area contributed by atoms with Gasteiger partial charge in [-0.15, -0.1) is 10.2 Å². The minimum absolute atomic E-state index is 0.125. The average molecular weight is 501 g/mol. The minimum atomic E-state index is -5.69. The van der Waals surface area contributed by atoms with E-state index in [4.69, 9.17) is 4.74 Å². The van der Waals surface area contributed by atoms with Gasteiger partial charge in [0.2, 0.25) is 0 Å². The van der Waals surface area contributed by atoms with Gasteiger partial charge in [-0.3, -0.25) is 4.72 Å². The number of anilines is 2. The molecule has 0 bridgehead atoms. The molecule has 1 N–H and O–H groups in total. The highest BCUT2D eigenvalue weighted by Gasteiger charge is 2.46. The van der Waals surface area contributed by atoms with Crippen molar-refractivity contribution in [3.05, 3.63) is 35.2 Å². The van der Waals surface area contributed by atoms with Crippen LogP contribution in [-0.2, 0) is 21.2 Å². The maximum absolute atomic E-state index is 13.0. The molecule has 0 unspecified atom stereocenters. The topological polar surface area (TPSA) is 126 Å². The van der Waals surface area contributed by atoms with Gasteiger partial charge in [0.25, 0.3) is 5.95 Å². The van der Waals surface area contributed by atoms with Crippen LogP contribution in [0.4, 0.5) is 36.2 Å². The molecule has 14 heteroatoms. The summed E-state index contributed by atoms with van der Waals surface area (Å²) in [4.78, 5) is 21.8. The molecular weight excluding hydrogens is 477 g/mol. The van der Waals surface area contributed by atoms with Gasteiger partial charge in [-0.05, 0) is 51.3 Å². The Kier molecular flexibility index (Phi) is 7.38. The second-order valence-electron chi connectivity index (χ2n) is 7.32. The van der Waals surface area contributed by atoms with Crippen LogP contribution in [0, 0.1) is 6.92 Å². The van der Waals surface area contributed by atoms with Gasteiger partial charge in [-0.1, -0.05) is 0 Å². The van der Waals surface area contributed by atoms with Crippen molar-refractivity contribution >= 4 is 39.0 Å². The lowest BCUT2D eigenvalue weighted by atomic mass is 10.0. The first-order chi connectivity index (χ1) is 16.0. The van der Waals surface area contributed by atoms with Gasteiger partial charge in [0.15, 0.2) is 0 Å². The number of hydrogen-bond acceptors (Lipinski definition) is 9. The van der Waals surface area contributed by atoms with Crippen LogP contribution in [0.15, 0.2) is 28.6 Å². The second-order valence-corrected chi connectivity index (χ2v) is 9.00. The molecule has 0 spiro atoms. The lowest BCUT2D eigenvalue weighted by Gasteiger charge is -2.31. The Balaban J connectivity index is 2.02. The fourth-order valence-corrected chi connectivity index (χ4v) is 3.97. The predicted octanol–water partition coefficient (Wildman–Crippen LogP) is 4.41. The summed E-state index contributed by atoms with van der Waals surface area (Å²) in [5.41, 5.74) is -4.19. The van der Waals surface area contributed by atoms with Crippen molar-refractivity contribution in [3.63, 3.8) is 0 Å². The largest absolute Gasteiger partial charge is 0.516 e. The molecule has 0 atom stereocenters. The molecule has 0 amide bonds. The third-order valence-corrected chi connectivity index (χ3v) is 6.15. The molecular formula is C20H23F3N6O4S. The number of aromatic nitrogens is 2. The van der Waals surface area contributed by atoms with Crippen LogP contribution in [-0.4, -0.2) is 49.6 Å². The lowest BCUT2D eigenvalue weighted by molar-refractivity contribution is -0.0429. The zero-order valence-electron chi connectivity index (χ0n) is 18.7. The second kappa shape index (κ2) is 9.91. The number of carbonyl (C=O) groups excluding carboxylic acids is 1. The van der Waals surface area contributed by atoms with Crippen molar-refractivity contribution in [2.75, 3.05) is 29.3 Å². The summed E-state index contributed by atoms with van der Waals surface area (Å²) in [7, 11) is -5.69. The number of azo groups is 1. The number of esters is 1. The van der Waals surface area contributed by atoms with Crippen molar-refractivity contribution in [1.29, 1.82) is 0 Å². The van der Waals surface area contributed by atoms with E-state index < -0.39 is 21.5 Å². The quantitative estimate of drug-likeness (QED) is 0.441. The van der Waals surface area contributed by atoms with E-state index in [-0.39, 0.29) is 35.2 Å². The van der Waals surface area contributed by atoms with Gasteiger partial charge in [0, 0.05) is 25.0 Å². The van der Waals surface area contributed by atoms with Crippen LogP contribution in [0.3, 0.4) is 0 Å². The first kappa shape index (κ1) is 25.3. The minimum Gasteiger partial charge on any atom is -0.462 e. The van der Waals surface area contributed by atoms with Crippen LogP contribution in [0.1, 0.15) is 41.9 Å². The van der Waals surface area contributed by atoms with Gasteiger partial charge in [0.05, 0.1) is 23.6 Å². The SMILES string of the molecule is CCOC(=O)c1cnc(N=Nc2cc3c(cc2NS(=O)(=O)C(F)(F)F)N(CC)CCC3)nc1C. The van der Waals surface area contributed by atoms with Crippen molar-refractivity contribution in [1.82, 2.24) is 9.97 Å². The molecule has 0 saturated carbocycles. The predicted molar refractivity (Wildman–Crippen MR) is 118 cm³/mol. The van der Waals surface area contributed by atoms with Crippen molar-refractivity contribution < 1.29 is 31.1 Å². The summed E-state index contributed by atoms with van der Waals surface area (Å²) in [6, 6.07) is 2.82. The molecule has 2 heterocycles. The third-order valence-electron chi connectivity index (χ3n) is 5.05. The fourth-order valence-electron chi connectivity index (χ4n) is 3.40. The van der Waals surface area contributed by atoms with Gasteiger partial charge in [-0.25, -0.2) is 14.8 Å². The van der Waals surface area contributed by atoms with Gasteiger partial charge >= 0.3 is 21.5 Å². The van der Waals surface area contributed by atoms with Crippen LogP contribution < -0.4 is 9.62 Å². The summed E-state index contributed by atoms with van der Waals surface area (Å²) in [5, 5.41) is 7.77. The van der Waals surface area contributed by atoms with Crippen LogP contribution in [0.25, 0.3) is 0 Å². The Morgan fingerprint density at radius 2 is 2.00 bits per heavy atom. The molecule has 0 radical (unpaired) electrons. The summed E-state index contributed by atoms with van der Waals surface area (Å²) in [6.07, 6.45) is 2.67. The number of hydrogen-bond donors (Lipinski definition) is 1. The number of fused-ring (bicyclic) bond motifs is 1. The maximum Gasteiger partial charge on any atom is 0.516 e. The number of nitrogens with one attached hydrogen (secondary N) is 1. The Labute approximate surface area is 194 Å². The highest BCUT2D eigenvalue weighted by Crippen LogP contribution is 2.39. The number of aryl methyl sites for hydroxylation is 2. The Bertz CT molecular complexity index is 1220. The number of rotatable bonds is 7. The molecule has 1 aromatic heterocycles. The Morgan fingerprint density at radius 3 is 2.62 bits per heavy atom. The van der Waals surface area contributed by atoms with Crippen molar-refractivity contribution in [3.8, 4) is 0 Å². The summed E-state index contributed by atoms with van der Waals surface area (Å²) in [6.45, 7) is 6.54. The molecule has 3 rings (SSSR count). The molecule has 10 nitrogen and oxygen atoms in total. The monoisotopic (exact) mass is 500 g/mol. The molecule has 2 aromatic rings. The summed E-state index contributed by atoms with van der Waals surface area (Å²) in [5.74, 6) is -0.773. The van der Waals surface area contributed by atoms with E-state index in [2.05, 4.69) is 20.2 Å². The van der Waals surface area contributed by atoms with E-state index in [9.17, 15) is 26.4 Å². The number of alkyl halides is 3. The van der Waals surface area contributed by atoms with Crippen LogP contribution >= 0.6 is 0 Å². The van der Waals surface area contributed by atoms with Crippen molar-refractivity contribution in [2.24, 2.45) is 10.2 Å². The summed E-state index contributed by atoms with van der Waals surface area (Å²) >= 11 is 0. The zero-order chi connectivity index (χ0) is 25.1. The Morgan fingerprint density at radius 1 is 1.26 bits per heavy atom. The number of sulfonamides is 1. The average Bonchev–Trinajstić information content (AvgIpc) is 2.76. The molecule has 184 valence electrons. The first-order valence-corrected chi connectivity index (χ1v) is 11.9. The molecule has 1 aliphatic rings. The number of carbonyl (C=O) groups is 1. The number of ether oxygens (including phenoxy) is 1. The van der Waals surface area contributed by atoms with Gasteiger partial charge in [-0.2, -0.15) is 21.6 Å². The van der Waals surface area contributed by atoms with Crippen molar-refractivity contribution in [2.45, 2.75) is 39.1 Å². The highest BCUT2D eigenvalue weighted by atomic mass is 32.2. The number of nitrogens with zero attached hydrogens (tertiary/aromatic N) is 5. The Hall–Kier alpha value is -3.29. The molecule has 1 aliphatic heterocycles. The van der Waals surface area contributed by atoms with E-state index in [0.717, 1.165) is 12.0 Å². The van der Waals surface area contributed by atoms with E-state index in [1.807, 2.05) is 11.8 Å². The highest BCUT2D eigenvalue weighted by molar-refractivity contribution is 7.93. The van der Waals surface area contributed by atoms with Gasteiger partial charge < -0.3 is 9.64 Å². The van der Waals surface area contributed by atoms with E-state index >= 15 is 0 Å². The van der Waals surface area contributed by atoms with E-state index in [1.165, 1.54) is 25.3 Å². The fraction of sp³-hybridized carbons (Fsp3) is 0.450. The lowest BCUT2D eigenvalue weighted by Crippen LogP contribution is -2.31. The zero-order valence-corrected chi connectivity index (χ0v) is 19.5. The smallest absolute Gasteiger partial charge is 0.462 e. The van der Waals surface area contributed by atoms with E-state index in [1.54, 1.807) is 11.6 Å². The molecule has 0 saturated heterocycles. The molecule has 34 heavy (non-hydrogen) atoms. The number of benzene rings is 1. The molecule has 0 fully saturated rings. The summed E-state index contributed by atoms with van der Waals surface area (Å²) < 4.78 is 69.1. The van der Waals surface area contributed by atoms with E-state index in [0.29, 0.717) is 25.2 Å².